The first-order valence-electron chi connectivity index (χ1n) is 4.80. The van der Waals surface area contributed by atoms with E-state index in [2.05, 4.69) is 5.32 Å². The normalized spacial score (nSPS) is 39.0. The van der Waals surface area contributed by atoms with Crippen LogP contribution < -0.4 is 5.32 Å². The lowest BCUT2D eigenvalue weighted by Gasteiger charge is -2.35. The molecule has 2 aliphatic carbocycles. The standard InChI is InChI=1S/C9H17NO/c11-9-6-5-8(9)10-7-3-1-2-4-7/h7-11H,1-6H2/t8-,9-/m1/s1. The monoisotopic (exact) mass is 155 g/mol. The Morgan fingerprint density at radius 1 is 1.00 bits per heavy atom. The molecule has 2 aliphatic rings. The fourth-order valence-corrected chi connectivity index (χ4v) is 2.07. The molecule has 0 unspecified atom stereocenters. The van der Waals surface area contributed by atoms with Gasteiger partial charge >= 0.3 is 0 Å². The first-order valence-corrected chi connectivity index (χ1v) is 4.80. The minimum atomic E-state index is -0.0457. The van der Waals surface area contributed by atoms with Gasteiger partial charge in [-0.3, -0.25) is 0 Å². The van der Waals surface area contributed by atoms with E-state index in [1.165, 1.54) is 32.1 Å². The van der Waals surface area contributed by atoms with Crippen LogP contribution in [0.15, 0.2) is 0 Å². The van der Waals surface area contributed by atoms with Crippen molar-refractivity contribution in [3.63, 3.8) is 0 Å². The van der Waals surface area contributed by atoms with E-state index in [9.17, 15) is 5.11 Å². The number of nitrogens with one attached hydrogen (secondary N) is 1. The van der Waals surface area contributed by atoms with Crippen molar-refractivity contribution in [1.82, 2.24) is 5.32 Å². The predicted octanol–water partition coefficient (Wildman–Crippen LogP) is 1.04. The number of aliphatic hydroxyl groups excluding tert-OH is 1. The van der Waals surface area contributed by atoms with Crippen LogP contribution in [0.3, 0.4) is 0 Å². The summed E-state index contributed by atoms with van der Waals surface area (Å²) in [7, 11) is 0. The van der Waals surface area contributed by atoms with Gasteiger partial charge in [-0.15, -0.1) is 0 Å². The minimum Gasteiger partial charge on any atom is -0.392 e. The van der Waals surface area contributed by atoms with E-state index in [1.807, 2.05) is 0 Å². The summed E-state index contributed by atoms with van der Waals surface area (Å²) in [6, 6.07) is 1.15. The summed E-state index contributed by atoms with van der Waals surface area (Å²) < 4.78 is 0. The van der Waals surface area contributed by atoms with Crippen LogP contribution in [-0.2, 0) is 0 Å². The minimum absolute atomic E-state index is 0.0457. The van der Waals surface area contributed by atoms with Gasteiger partial charge in [0.1, 0.15) is 0 Å². The number of aliphatic hydroxyl groups is 1. The highest BCUT2D eigenvalue weighted by molar-refractivity contribution is 4.89. The van der Waals surface area contributed by atoms with Crippen molar-refractivity contribution in [3.8, 4) is 0 Å². The van der Waals surface area contributed by atoms with Crippen molar-refractivity contribution in [2.75, 3.05) is 0 Å². The van der Waals surface area contributed by atoms with Crippen LogP contribution in [0.1, 0.15) is 38.5 Å². The van der Waals surface area contributed by atoms with Crippen molar-refractivity contribution in [2.24, 2.45) is 0 Å². The molecule has 0 spiro atoms. The van der Waals surface area contributed by atoms with Gasteiger partial charge in [-0.05, 0) is 25.7 Å². The Morgan fingerprint density at radius 2 is 1.73 bits per heavy atom. The highest BCUT2D eigenvalue weighted by Crippen LogP contribution is 2.24. The lowest BCUT2D eigenvalue weighted by atomic mass is 9.88. The average Bonchev–Trinajstić information content (AvgIpc) is 2.49. The molecule has 64 valence electrons. The molecule has 2 nitrogen and oxygen atoms in total. The molecule has 2 fully saturated rings. The molecule has 2 heteroatoms. The lowest BCUT2D eigenvalue weighted by Crippen LogP contribution is -2.51. The van der Waals surface area contributed by atoms with E-state index in [0.29, 0.717) is 6.04 Å². The molecule has 0 aromatic rings. The second-order valence-electron chi connectivity index (χ2n) is 3.90. The molecule has 0 heterocycles. The van der Waals surface area contributed by atoms with Crippen molar-refractivity contribution in [3.05, 3.63) is 0 Å². The summed E-state index contributed by atoms with van der Waals surface area (Å²) in [5.74, 6) is 0. The van der Waals surface area contributed by atoms with E-state index in [-0.39, 0.29) is 6.10 Å². The fraction of sp³-hybridized carbons (Fsp3) is 1.00. The summed E-state index contributed by atoms with van der Waals surface area (Å²) in [6.07, 6.45) is 7.53. The molecule has 0 aliphatic heterocycles. The lowest BCUT2D eigenvalue weighted by molar-refractivity contribution is 0.0443. The largest absolute Gasteiger partial charge is 0.392 e. The molecule has 2 rings (SSSR count). The molecule has 2 N–H and O–H groups in total. The van der Waals surface area contributed by atoms with Crippen LogP contribution in [0.4, 0.5) is 0 Å². The van der Waals surface area contributed by atoms with E-state index in [1.54, 1.807) is 0 Å². The molecule has 11 heavy (non-hydrogen) atoms. The van der Waals surface area contributed by atoms with Crippen LogP contribution in [0.5, 0.6) is 0 Å². The molecule has 0 bridgehead atoms. The van der Waals surface area contributed by atoms with E-state index < -0.39 is 0 Å². The summed E-state index contributed by atoms with van der Waals surface area (Å²) in [4.78, 5) is 0. The van der Waals surface area contributed by atoms with Crippen LogP contribution in [0.25, 0.3) is 0 Å². The van der Waals surface area contributed by atoms with Gasteiger partial charge in [0.05, 0.1) is 6.10 Å². The van der Waals surface area contributed by atoms with Crippen molar-refractivity contribution >= 4 is 0 Å². The highest BCUT2D eigenvalue weighted by Gasteiger charge is 2.30. The second kappa shape index (κ2) is 3.11. The topological polar surface area (TPSA) is 32.3 Å². The molecular formula is C9H17NO. The first-order chi connectivity index (χ1) is 5.36. The maximum atomic E-state index is 9.31. The van der Waals surface area contributed by atoms with Crippen LogP contribution in [0.2, 0.25) is 0 Å². The van der Waals surface area contributed by atoms with Gasteiger partial charge < -0.3 is 10.4 Å². The SMILES string of the molecule is O[C@@H]1CC[C@H]1NC1CCCC1. The van der Waals surface area contributed by atoms with Crippen molar-refractivity contribution < 1.29 is 5.11 Å². The average molecular weight is 155 g/mol. The third-order valence-electron chi connectivity index (χ3n) is 3.04. The Balaban J connectivity index is 1.72. The van der Waals surface area contributed by atoms with Gasteiger partial charge in [0.2, 0.25) is 0 Å². The Hall–Kier alpha value is -0.0800. The van der Waals surface area contributed by atoms with Crippen molar-refractivity contribution in [2.45, 2.75) is 56.7 Å². The molecule has 0 saturated heterocycles. The zero-order chi connectivity index (χ0) is 7.68. The Morgan fingerprint density at radius 3 is 2.18 bits per heavy atom. The molecular weight excluding hydrogens is 138 g/mol. The van der Waals surface area contributed by atoms with Crippen LogP contribution in [-0.4, -0.2) is 23.3 Å². The van der Waals surface area contributed by atoms with Gasteiger partial charge in [0.25, 0.3) is 0 Å². The summed E-state index contributed by atoms with van der Waals surface area (Å²) in [5.41, 5.74) is 0. The fourth-order valence-electron chi connectivity index (χ4n) is 2.07. The van der Waals surface area contributed by atoms with Crippen molar-refractivity contribution in [1.29, 1.82) is 0 Å². The van der Waals surface area contributed by atoms with Gasteiger partial charge in [0.15, 0.2) is 0 Å². The van der Waals surface area contributed by atoms with E-state index >= 15 is 0 Å². The quantitative estimate of drug-likeness (QED) is 0.624. The van der Waals surface area contributed by atoms with Crippen LogP contribution >= 0.6 is 0 Å². The zero-order valence-electron chi connectivity index (χ0n) is 6.92. The highest BCUT2D eigenvalue weighted by atomic mass is 16.3. The summed E-state index contributed by atoms with van der Waals surface area (Å²) >= 11 is 0. The Bertz CT molecular complexity index is 132. The molecule has 0 aromatic heterocycles. The molecule has 0 aromatic carbocycles. The van der Waals surface area contributed by atoms with Gasteiger partial charge in [-0.25, -0.2) is 0 Å². The first kappa shape index (κ1) is 7.56. The molecule has 0 amide bonds. The number of hydrogen-bond donors (Lipinski definition) is 2. The third-order valence-corrected chi connectivity index (χ3v) is 3.04. The summed E-state index contributed by atoms with van der Waals surface area (Å²) in [5, 5.41) is 12.8. The summed E-state index contributed by atoms with van der Waals surface area (Å²) in [6.45, 7) is 0. The predicted molar refractivity (Wildman–Crippen MR) is 44.4 cm³/mol. The number of rotatable bonds is 2. The smallest absolute Gasteiger partial charge is 0.0693 e. The van der Waals surface area contributed by atoms with Crippen LogP contribution in [0, 0.1) is 0 Å². The second-order valence-corrected chi connectivity index (χ2v) is 3.90. The van der Waals surface area contributed by atoms with Gasteiger partial charge in [-0.1, -0.05) is 12.8 Å². The number of hydrogen-bond acceptors (Lipinski definition) is 2. The maximum absolute atomic E-state index is 9.31. The van der Waals surface area contributed by atoms with E-state index in [4.69, 9.17) is 0 Å². The molecule has 2 atom stereocenters. The maximum Gasteiger partial charge on any atom is 0.0693 e. The van der Waals surface area contributed by atoms with Gasteiger partial charge in [0, 0.05) is 12.1 Å². The van der Waals surface area contributed by atoms with E-state index in [0.717, 1.165) is 12.5 Å². The third kappa shape index (κ3) is 1.57. The zero-order valence-corrected chi connectivity index (χ0v) is 6.92. The van der Waals surface area contributed by atoms with Gasteiger partial charge in [-0.2, -0.15) is 0 Å². The Kier molecular flexibility index (Phi) is 2.14. The Labute approximate surface area is 68.0 Å². The molecule has 0 radical (unpaired) electrons. The molecule has 2 saturated carbocycles.